The maximum absolute atomic E-state index is 12.2. The fraction of sp³-hybridized carbons (Fsp3) is 0.211. The van der Waals surface area contributed by atoms with Crippen LogP contribution in [0.4, 0.5) is 0 Å². The number of esters is 1. The van der Waals surface area contributed by atoms with E-state index in [1.54, 1.807) is 31.2 Å². The SMILES string of the molecule is CCOC(=O)c1ccc(S(=O)(=O)NCC(=O)NNC(=O)c2ccc(C)cc2)cc1. The quantitative estimate of drug-likeness (QED) is 0.452. The van der Waals surface area contributed by atoms with Crippen molar-refractivity contribution < 1.29 is 27.5 Å². The van der Waals surface area contributed by atoms with E-state index in [1.807, 2.05) is 6.92 Å². The molecular formula is C19H21N3O6S. The zero-order chi connectivity index (χ0) is 21.4. The van der Waals surface area contributed by atoms with E-state index in [0.717, 1.165) is 5.56 Å². The Labute approximate surface area is 168 Å². The van der Waals surface area contributed by atoms with Crippen molar-refractivity contribution in [3.63, 3.8) is 0 Å². The van der Waals surface area contributed by atoms with Gasteiger partial charge < -0.3 is 4.74 Å². The number of hydrogen-bond donors (Lipinski definition) is 3. The van der Waals surface area contributed by atoms with Crippen LogP contribution < -0.4 is 15.6 Å². The van der Waals surface area contributed by atoms with Crippen LogP contribution in [0.2, 0.25) is 0 Å². The molecule has 2 aromatic carbocycles. The summed E-state index contributed by atoms with van der Waals surface area (Å²) >= 11 is 0. The Morgan fingerprint density at radius 3 is 2.07 bits per heavy atom. The summed E-state index contributed by atoms with van der Waals surface area (Å²) in [5, 5.41) is 0. The number of ether oxygens (including phenoxy) is 1. The first kappa shape index (κ1) is 22.1. The number of aryl methyl sites for hydroxylation is 1. The van der Waals surface area contributed by atoms with Crippen LogP contribution in [-0.4, -0.2) is 39.4 Å². The maximum Gasteiger partial charge on any atom is 0.338 e. The zero-order valence-corrected chi connectivity index (χ0v) is 16.7. The van der Waals surface area contributed by atoms with Crippen molar-refractivity contribution >= 4 is 27.8 Å². The first-order chi connectivity index (χ1) is 13.7. The molecule has 2 aromatic rings. The zero-order valence-electron chi connectivity index (χ0n) is 15.9. The van der Waals surface area contributed by atoms with Gasteiger partial charge in [0.25, 0.3) is 11.8 Å². The van der Waals surface area contributed by atoms with Crippen molar-refractivity contribution in [1.29, 1.82) is 0 Å². The van der Waals surface area contributed by atoms with Crippen LogP contribution in [0.1, 0.15) is 33.2 Å². The van der Waals surface area contributed by atoms with Gasteiger partial charge in [0, 0.05) is 5.56 Å². The number of sulfonamides is 1. The highest BCUT2D eigenvalue weighted by Gasteiger charge is 2.17. The molecule has 0 aliphatic carbocycles. The summed E-state index contributed by atoms with van der Waals surface area (Å²) in [7, 11) is -3.98. The smallest absolute Gasteiger partial charge is 0.338 e. The van der Waals surface area contributed by atoms with Crippen LogP contribution in [0.5, 0.6) is 0 Å². The molecule has 0 heterocycles. The average Bonchev–Trinajstić information content (AvgIpc) is 2.71. The Morgan fingerprint density at radius 1 is 0.897 bits per heavy atom. The molecule has 0 saturated carbocycles. The van der Waals surface area contributed by atoms with Crippen LogP contribution in [0, 0.1) is 6.92 Å². The second kappa shape index (κ2) is 9.80. The number of hydrogen-bond acceptors (Lipinski definition) is 6. The van der Waals surface area contributed by atoms with Gasteiger partial charge in [-0.25, -0.2) is 17.9 Å². The lowest BCUT2D eigenvalue weighted by atomic mass is 10.1. The molecule has 0 atom stereocenters. The number of carbonyl (C=O) groups is 3. The van der Waals surface area contributed by atoms with E-state index < -0.39 is 34.4 Å². The number of nitrogens with one attached hydrogen (secondary N) is 3. The van der Waals surface area contributed by atoms with Crippen LogP contribution in [-0.2, 0) is 19.6 Å². The Balaban J connectivity index is 1.87. The van der Waals surface area contributed by atoms with Crippen molar-refractivity contribution in [2.24, 2.45) is 0 Å². The second-order valence-corrected chi connectivity index (χ2v) is 7.70. The van der Waals surface area contributed by atoms with Crippen molar-refractivity contribution in [2.45, 2.75) is 18.7 Å². The minimum Gasteiger partial charge on any atom is -0.462 e. The predicted molar refractivity (Wildman–Crippen MR) is 104 cm³/mol. The molecule has 0 unspecified atom stereocenters. The van der Waals surface area contributed by atoms with E-state index in [2.05, 4.69) is 15.6 Å². The molecule has 0 radical (unpaired) electrons. The number of rotatable bonds is 7. The third kappa shape index (κ3) is 6.40. The molecule has 10 heteroatoms. The van der Waals surface area contributed by atoms with Crippen LogP contribution >= 0.6 is 0 Å². The lowest BCUT2D eigenvalue weighted by Crippen LogP contribution is -2.46. The molecule has 3 N–H and O–H groups in total. The minimum absolute atomic E-state index is 0.123. The third-order valence-corrected chi connectivity index (χ3v) is 5.14. The van der Waals surface area contributed by atoms with E-state index in [0.29, 0.717) is 5.56 Å². The Bertz CT molecular complexity index is 986. The first-order valence-electron chi connectivity index (χ1n) is 8.65. The highest BCUT2D eigenvalue weighted by Crippen LogP contribution is 2.11. The fourth-order valence-corrected chi connectivity index (χ4v) is 3.16. The van der Waals surface area contributed by atoms with E-state index >= 15 is 0 Å². The van der Waals surface area contributed by atoms with Gasteiger partial charge in [-0.15, -0.1) is 0 Å². The van der Waals surface area contributed by atoms with Gasteiger partial charge in [-0.2, -0.15) is 0 Å². The van der Waals surface area contributed by atoms with Gasteiger partial charge in [0.2, 0.25) is 10.0 Å². The largest absolute Gasteiger partial charge is 0.462 e. The Kier molecular flexibility index (Phi) is 7.46. The summed E-state index contributed by atoms with van der Waals surface area (Å²) in [6.45, 7) is 3.15. The fourth-order valence-electron chi connectivity index (χ4n) is 2.18. The lowest BCUT2D eigenvalue weighted by Gasteiger charge is -2.09. The van der Waals surface area contributed by atoms with Crippen LogP contribution in [0.15, 0.2) is 53.4 Å². The molecule has 0 aromatic heterocycles. The monoisotopic (exact) mass is 419 g/mol. The lowest BCUT2D eigenvalue weighted by molar-refractivity contribution is -0.120. The van der Waals surface area contributed by atoms with Crippen molar-refractivity contribution in [3.8, 4) is 0 Å². The standard InChI is InChI=1S/C19H21N3O6S/c1-3-28-19(25)15-8-10-16(11-9-15)29(26,27)20-12-17(23)21-22-18(24)14-6-4-13(2)5-7-14/h4-11,20H,3,12H2,1-2H3,(H,21,23)(H,22,24). The average molecular weight is 419 g/mol. The molecule has 0 spiro atoms. The maximum atomic E-state index is 12.2. The summed E-state index contributed by atoms with van der Waals surface area (Å²) in [6, 6.07) is 11.8. The molecule has 0 fully saturated rings. The highest BCUT2D eigenvalue weighted by atomic mass is 32.2. The van der Waals surface area contributed by atoms with Crippen LogP contribution in [0.3, 0.4) is 0 Å². The summed E-state index contributed by atoms with van der Waals surface area (Å²) in [6.07, 6.45) is 0. The number of hydrazine groups is 1. The van der Waals surface area contributed by atoms with Gasteiger partial charge in [-0.3, -0.25) is 20.4 Å². The molecule has 0 aliphatic heterocycles. The topological polar surface area (TPSA) is 131 Å². The Hall–Kier alpha value is -3.24. The molecule has 0 bridgehead atoms. The minimum atomic E-state index is -3.98. The van der Waals surface area contributed by atoms with E-state index in [-0.39, 0.29) is 17.1 Å². The van der Waals surface area contributed by atoms with E-state index in [1.165, 1.54) is 24.3 Å². The molecule has 0 aliphatic rings. The molecular weight excluding hydrogens is 398 g/mol. The molecule has 0 saturated heterocycles. The van der Waals surface area contributed by atoms with Gasteiger partial charge in [0.1, 0.15) is 0 Å². The summed E-state index contributed by atoms with van der Waals surface area (Å²) < 4.78 is 31.4. The summed E-state index contributed by atoms with van der Waals surface area (Å²) in [4.78, 5) is 35.2. The van der Waals surface area contributed by atoms with E-state index in [4.69, 9.17) is 4.74 Å². The molecule has 9 nitrogen and oxygen atoms in total. The molecule has 2 rings (SSSR count). The van der Waals surface area contributed by atoms with Gasteiger partial charge >= 0.3 is 5.97 Å². The number of carbonyl (C=O) groups excluding carboxylic acids is 3. The van der Waals surface area contributed by atoms with E-state index in [9.17, 15) is 22.8 Å². The van der Waals surface area contributed by atoms with Gasteiger partial charge in [-0.05, 0) is 50.2 Å². The van der Waals surface area contributed by atoms with Crippen LogP contribution in [0.25, 0.3) is 0 Å². The second-order valence-electron chi connectivity index (χ2n) is 5.94. The Morgan fingerprint density at radius 2 is 1.48 bits per heavy atom. The molecule has 2 amide bonds. The predicted octanol–water partition coefficient (Wildman–Crippen LogP) is 0.911. The van der Waals surface area contributed by atoms with Gasteiger partial charge in [-0.1, -0.05) is 17.7 Å². The van der Waals surface area contributed by atoms with Gasteiger partial charge in [0.15, 0.2) is 0 Å². The van der Waals surface area contributed by atoms with Gasteiger partial charge in [0.05, 0.1) is 23.6 Å². The molecule has 29 heavy (non-hydrogen) atoms. The summed E-state index contributed by atoms with van der Waals surface area (Å²) in [5.41, 5.74) is 5.87. The number of amides is 2. The number of benzene rings is 2. The van der Waals surface area contributed by atoms with Crippen molar-refractivity contribution in [3.05, 3.63) is 65.2 Å². The normalized spacial score (nSPS) is 10.8. The third-order valence-electron chi connectivity index (χ3n) is 3.73. The first-order valence-corrected chi connectivity index (χ1v) is 10.1. The summed E-state index contributed by atoms with van der Waals surface area (Å²) in [5.74, 6) is -1.85. The highest BCUT2D eigenvalue weighted by molar-refractivity contribution is 7.89. The van der Waals surface area contributed by atoms with Crippen molar-refractivity contribution in [2.75, 3.05) is 13.2 Å². The molecule has 154 valence electrons. The van der Waals surface area contributed by atoms with Crippen molar-refractivity contribution in [1.82, 2.24) is 15.6 Å².